The highest BCUT2D eigenvalue weighted by atomic mass is 16.6. The minimum Gasteiger partial charge on any atom is -0.362 e. The molecule has 0 amide bonds. The summed E-state index contributed by atoms with van der Waals surface area (Å²) in [4.78, 5) is 2.34. The molecular weight excluding hydrogens is 242 g/mol. The van der Waals surface area contributed by atoms with E-state index in [0.717, 1.165) is 19.8 Å². The fraction of sp³-hybridized carbons (Fsp3) is 1.00. The first-order chi connectivity index (χ1) is 8.65. The van der Waals surface area contributed by atoms with Gasteiger partial charge in [0.05, 0.1) is 19.8 Å². The minimum atomic E-state index is 0.00201. The molecule has 0 aliphatic carbocycles. The average Bonchev–Trinajstić information content (AvgIpc) is 2.25. The first kappa shape index (κ1) is 13.8. The lowest BCUT2D eigenvalue weighted by Crippen LogP contribution is -2.74. The second-order valence-electron chi connectivity index (χ2n) is 8.40. The normalized spacial score (nSPS) is 43.6. The Labute approximate surface area is 116 Å². The van der Waals surface area contributed by atoms with Crippen molar-refractivity contribution in [2.75, 3.05) is 19.8 Å². The van der Waals surface area contributed by atoms with Crippen LogP contribution in [0.5, 0.6) is 0 Å². The van der Waals surface area contributed by atoms with Crippen LogP contribution in [0.3, 0.4) is 0 Å². The number of hydrogen-bond acceptors (Lipinski definition) is 4. The van der Waals surface area contributed by atoms with Crippen LogP contribution in [0, 0.1) is 16.2 Å². The van der Waals surface area contributed by atoms with E-state index in [2.05, 4.69) is 46.4 Å². The molecule has 3 fully saturated rings. The summed E-state index contributed by atoms with van der Waals surface area (Å²) in [6.45, 7) is 15.5. The molecule has 3 saturated heterocycles. The Morgan fingerprint density at radius 1 is 0.632 bits per heavy atom. The van der Waals surface area contributed by atoms with Crippen LogP contribution in [0.15, 0.2) is 0 Å². The van der Waals surface area contributed by atoms with E-state index in [0.29, 0.717) is 0 Å². The van der Waals surface area contributed by atoms with Crippen molar-refractivity contribution in [3.63, 3.8) is 0 Å². The van der Waals surface area contributed by atoms with E-state index < -0.39 is 0 Å². The molecule has 0 bridgehead atoms. The summed E-state index contributed by atoms with van der Waals surface area (Å²) in [6, 6.07) is 0. The van der Waals surface area contributed by atoms with E-state index in [1.54, 1.807) is 0 Å². The fourth-order valence-electron chi connectivity index (χ4n) is 3.61. The second-order valence-corrected chi connectivity index (χ2v) is 8.40. The molecule has 0 aromatic rings. The van der Waals surface area contributed by atoms with Crippen LogP contribution in [-0.2, 0) is 14.2 Å². The van der Waals surface area contributed by atoms with E-state index in [9.17, 15) is 0 Å². The highest BCUT2D eigenvalue weighted by molar-refractivity contribution is 5.00. The van der Waals surface area contributed by atoms with Gasteiger partial charge in [-0.3, -0.25) is 0 Å². The Morgan fingerprint density at radius 3 is 1.16 bits per heavy atom. The van der Waals surface area contributed by atoms with E-state index in [-0.39, 0.29) is 34.9 Å². The van der Waals surface area contributed by atoms with Gasteiger partial charge in [-0.05, 0) is 0 Å². The van der Waals surface area contributed by atoms with Gasteiger partial charge in [0.2, 0.25) is 0 Å². The molecule has 3 heterocycles. The highest BCUT2D eigenvalue weighted by Crippen LogP contribution is 2.49. The second kappa shape index (κ2) is 3.94. The summed E-state index contributed by atoms with van der Waals surface area (Å²) < 4.78 is 18.6. The van der Waals surface area contributed by atoms with Gasteiger partial charge in [0, 0.05) is 16.2 Å². The summed E-state index contributed by atoms with van der Waals surface area (Å²) in [7, 11) is 0. The van der Waals surface area contributed by atoms with Crippen LogP contribution in [0.25, 0.3) is 0 Å². The molecule has 19 heavy (non-hydrogen) atoms. The first-order valence-corrected chi connectivity index (χ1v) is 7.27. The molecule has 0 N–H and O–H groups in total. The van der Waals surface area contributed by atoms with Gasteiger partial charge in [0.15, 0.2) is 0 Å². The van der Waals surface area contributed by atoms with Crippen molar-refractivity contribution in [1.29, 1.82) is 0 Å². The molecule has 4 nitrogen and oxygen atoms in total. The van der Waals surface area contributed by atoms with Crippen LogP contribution < -0.4 is 0 Å². The smallest absolute Gasteiger partial charge is 0.122 e. The van der Waals surface area contributed by atoms with Gasteiger partial charge >= 0.3 is 0 Å². The number of hydrogen-bond donors (Lipinski definition) is 0. The Bertz CT molecular complexity index is 321. The van der Waals surface area contributed by atoms with Crippen molar-refractivity contribution in [1.82, 2.24) is 4.90 Å². The van der Waals surface area contributed by atoms with Gasteiger partial charge in [-0.15, -0.1) is 0 Å². The van der Waals surface area contributed by atoms with Crippen molar-refractivity contribution < 1.29 is 14.2 Å². The zero-order valence-electron chi connectivity index (χ0n) is 13.0. The third-order valence-corrected chi connectivity index (χ3v) is 4.66. The van der Waals surface area contributed by atoms with Crippen molar-refractivity contribution in [3.8, 4) is 0 Å². The molecule has 110 valence electrons. The average molecular weight is 269 g/mol. The topological polar surface area (TPSA) is 30.9 Å². The van der Waals surface area contributed by atoms with Crippen LogP contribution in [0.4, 0.5) is 0 Å². The molecule has 3 atom stereocenters. The zero-order valence-corrected chi connectivity index (χ0v) is 13.0. The van der Waals surface area contributed by atoms with Gasteiger partial charge in [-0.1, -0.05) is 41.5 Å². The number of nitrogens with zero attached hydrogens (tertiary/aromatic N) is 1. The van der Waals surface area contributed by atoms with Gasteiger partial charge in [-0.25, -0.2) is 4.90 Å². The van der Waals surface area contributed by atoms with Gasteiger partial charge in [0.1, 0.15) is 18.7 Å². The summed E-state index contributed by atoms with van der Waals surface area (Å²) >= 11 is 0. The van der Waals surface area contributed by atoms with Gasteiger partial charge < -0.3 is 14.2 Å². The van der Waals surface area contributed by atoms with Gasteiger partial charge in [0.25, 0.3) is 0 Å². The molecule has 3 aliphatic rings. The van der Waals surface area contributed by atoms with Crippen molar-refractivity contribution >= 4 is 0 Å². The largest absolute Gasteiger partial charge is 0.362 e. The lowest BCUT2D eigenvalue weighted by molar-refractivity contribution is -0.397. The monoisotopic (exact) mass is 269 g/mol. The Balaban J connectivity index is 2.00. The van der Waals surface area contributed by atoms with E-state index >= 15 is 0 Å². The predicted molar refractivity (Wildman–Crippen MR) is 72.4 cm³/mol. The van der Waals surface area contributed by atoms with E-state index in [1.165, 1.54) is 0 Å². The quantitative estimate of drug-likeness (QED) is 0.676. The van der Waals surface area contributed by atoms with Crippen molar-refractivity contribution in [3.05, 3.63) is 0 Å². The highest BCUT2D eigenvalue weighted by Gasteiger charge is 2.59. The maximum atomic E-state index is 6.21. The van der Waals surface area contributed by atoms with Crippen molar-refractivity contribution in [2.45, 2.75) is 60.2 Å². The van der Waals surface area contributed by atoms with E-state index in [4.69, 9.17) is 14.2 Å². The molecule has 4 heteroatoms. The number of rotatable bonds is 0. The summed E-state index contributed by atoms with van der Waals surface area (Å²) in [6.07, 6.45) is 0.261. The third-order valence-electron chi connectivity index (χ3n) is 4.66. The lowest BCUT2D eigenvalue weighted by Gasteiger charge is -2.63. The molecule has 0 saturated carbocycles. The summed E-state index contributed by atoms with van der Waals surface area (Å²) in [5, 5.41) is 0. The fourth-order valence-corrected chi connectivity index (χ4v) is 3.61. The predicted octanol–water partition coefficient (Wildman–Crippen LogP) is 2.44. The Morgan fingerprint density at radius 2 is 0.895 bits per heavy atom. The molecule has 0 aromatic carbocycles. The summed E-state index contributed by atoms with van der Waals surface area (Å²) in [5.41, 5.74) is 0.00604. The molecule has 0 spiro atoms. The molecule has 0 unspecified atom stereocenters. The maximum absolute atomic E-state index is 6.21. The molecule has 0 radical (unpaired) electrons. The maximum Gasteiger partial charge on any atom is 0.122 e. The molecule has 3 rings (SSSR count). The summed E-state index contributed by atoms with van der Waals surface area (Å²) in [5.74, 6) is 0. The minimum absolute atomic E-state index is 0.00201. The lowest BCUT2D eigenvalue weighted by atomic mass is 9.78. The zero-order chi connectivity index (χ0) is 14.1. The Kier molecular flexibility index (Phi) is 2.86. The molecular formula is C15H27NO3. The van der Waals surface area contributed by atoms with E-state index in [1.807, 2.05) is 0 Å². The first-order valence-electron chi connectivity index (χ1n) is 7.27. The third kappa shape index (κ3) is 1.96. The van der Waals surface area contributed by atoms with Crippen molar-refractivity contribution in [2.24, 2.45) is 16.2 Å². The van der Waals surface area contributed by atoms with Crippen LogP contribution >= 0.6 is 0 Å². The van der Waals surface area contributed by atoms with Gasteiger partial charge in [-0.2, -0.15) is 0 Å². The standard InChI is InChI=1S/C15H27NO3/c1-13(2)7-17-11-15(5,6)9-19-12-14(3,4)8-18-10(13)16(11)12/h10-12H,7-9H2,1-6H3/t10-,11-,12-/m1/s1. The SMILES string of the molecule is CC1(C)CO[C@H]2N3[C@@H]1OCC(C)(C)[C@H]3OCC2(C)C. The van der Waals surface area contributed by atoms with Crippen LogP contribution in [0.2, 0.25) is 0 Å². The Hall–Kier alpha value is -0.160. The molecule has 0 aromatic heterocycles. The number of ether oxygens (including phenoxy) is 3. The van der Waals surface area contributed by atoms with Crippen LogP contribution in [-0.4, -0.2) is 43.4 Å². The molecule has 3 aliphatic heterocycles. The van der Waals surface area contributed by atoms with Crippen LogP contribution in [0.1, 0.15) is 41.5 Å².